The SMILES string of the molecule is COc1cc(OC)c(NC(=O)C(Cl)(Cl)Cl)cc1Cl. The van der Waals surface area contributed by atoms with E-state index in [1.807, 2.05) is 0 Å². The number of alkyl halides is 3. The van der Waals surface area contributed by atoms with E-state index in [0.29, 0.717) is 11.5 Å². The normalized spacial score (nSPS) is 11.0. The standard InChI is InChI=1S/C10H9Cl4NO3/c1-17-7-4-8(18-2)6(3-5(7)11)15-9(16)10(12,13)14/h3-4H,1-2H3,(H,15,16). The van der Waals surface area contributed by atoms with Crippen molar-refractivity contribution in [3.05, 3.63) is 17.2 Å². The van der Waals surface area contributed by atoms with E-state index in [1.54, 1.807) is 0 Å². The van der Waals surface area contributed by atoms with E-state index in [0.717, 1.165) is 0 Å². The summed E-state index contributed by atoms with van der Waals surface area (Å²) in [6, 6.07) is 2.95. The van der Waals surface area contributed by atoms with Crippen molar-refractivity contribution in [3.63, 3.8) is 0 Å². The van der Waals surface area contributed by atoms with Gasteiger partial charge in [0.1, 0.15) is 11.5 Å². The molecule has 0 spiro atoms. The number of nitrogens with one attached hydrogen (secondary N) is 1. The minimum absolute atomic E-state index is 0.277. The number of ether oxygens (including phenoxy) is 2. The zero-order valence-electron chi connectivity index (χ0n) is 9.39. The summed E-state index contributed by atoms with van der Waals surface area (Å²) in [5.41, 5.74) is 0.277. The van der Waals surface area contributed by atoms with Gasteiger partial charge in [0.25, 0.3) is 9.70 Å². The molecule has 1 aromatic carbocycles. The van der Waals surface area contributed by atoms with E-state index in [2.05, 4.69) is 5.32 Å². The Hall–Kier alpha value is -0.550. The van der Waals surface area contributed by atoms with Crippen LogP contribution in [0.4, 0.5) is 5.69 Å². The molecule has 0 aromatic heterocycles. The van der Waals surface area contributed by atoms with Crippen molar-refractivity contribution in [1.82, 2.24) is 0 Å². The first-order valence-electron chi connectivity index (χ1n) is 4.59. The fourth-order valence-electron chi connectivity index (χ4n) is 1.15. The quantitative estimate of drug-likeness (QED) is 0.859. The molecule has 0 saturated heterocycles. The molecule has 4 nitrogen and oxygen atoms in total. The van der Waals surface area contributed by atoms with E-state index < -0.39 is 9.70 Å². The molecule has 0 atom stereocenters. The van der Waals surface area contributed by atoms with Crippen LogP contribution in [0, 0.1) is 0 Å². The van der Waals surface area contributed by atoms with E-state index in [1.165, 1.54) is 26.4 Å². The Morgan fingerprint density at radius 3 is 2.17 bits per heavy atom. The number of carbonyl (C=O) groups excluding carboxylic acids is 1. The van der Waals surface area contributed by atoms with Crippen molar-refractivity contribution in [2.24, 2.45) is 0 Å². The molecular weight excluding hydrogens is 324 g/mol. The van der Waals surface area contributed by atoms with Crippen molar-refractivity contribution in [1.29, 1.82) is 0 Å². The fraction of sp³-hybridized carbons (Fsp3) is 0.300. The molecule has 0 aliphatic heterocycles. The number of carbonyl (C=O) groups is 1. The molecule has 0 radical (unpaired) electrons. The van der Waals surface area contributed by atoms with Crippen molar-refractivity contribution < 1.29 is 14.3 Å². The van der Waals surface area contributed by atoms with Gasteiger partial charge in [-0.3, -0.25) is 4.79 Å². The van der Waals surface area contributed by atoms with Gasteiger partial charge in [-0.2, -0.15) is 0 Å². The first kappa shape index (κ1) is 15.5. The van der Waals surface area contributed by atoms with E-state index >= 15 is 0 Å². The predicted octanol–water partition coefficient (Wildman–Crippen LogP) is 3.67. The van der Waals surface area contributed by atoms with Crippen LogP contribution in [0.25, 0.3) is 0 Å². The smallest absolute Gasteiger partial charge is 0.276 e. The van der Waals surface area contributed by atoms with Crippen LogP contribution in [0.5, 0.6) is 11.5 Å². The first-order valence-corrected chi connectivity index (χ1v) is 6.10. The van der Waals surface area contributed by atoms with Gasteiger partial charge in [0.2, 0.25) is 0 Å². The lowest BCUT2D eigenvalue weighted by Crippen LogP contribution is -2.27. The molecule has 1 aromatic rings. The molecule has 1 amide bonds. The number of hydrogen-bond acceptors (Lipinski definition) is 3. The highest BCUT2D eigenvalue weighted by Gasteiger charge is 2.31. The maximum atomic E-state index is 11.5. The van der Waals surface area contributed by atoms with E-state index in [4.69, 9.17) is 55.9 Å². The van der Waals surface area contributed by atoms with E-state index in [9.17, 15) is 4.79 Å². The second kappa shape index (κ2) is 6.06. The molecule has 0 aliphatic carbocycles. The molecule has 0 bridgehead atoms. The highest BCUT2D eigenvalue weighted by Crippen LogP contribution is 2.37. The minimum atomic E-state index is -2.07. The lowest BCUT2D eigenvalue weighted by atomic mass is 10.2. The van der Waals surface area contributed by atoms with Crippen molar-refractivity contribution in [2.75, 3.05) is 19.5 Å². The summed E-state index contributed by atoms with van der Waals surface area (Å²) >= 11 is 22.3. The van der Waals surface area contributed by atoms with Crippen molar-refractivity contribution >= 4 is 58.0 Å². The molecule has 1 N–H and O–H groups in total. The van der Waals surface area contributed by atoms with Crippen molar-refractivity contribution in [3.8, 4) is 11.5 Å². The van der Waals surface area contributed by atoms with Gasteiger partial charge in [0.15, 0.2) is 0 Å². The maximum Gasteiger partial charge on any atom is 0.276 e. The van der Waals surface area contributed by atoms with Gasteiger partial charge in [-0.05, 0) is 6.07 Å². The minimum Gasteiger partial charge on any atom is -0.495 e. The molecule has 0 fully saturated rings. The average Bonchev–Trinajstić information content (AvgIpc) is 2.28. The average molecular weight is 333 g/mol. The largest absolute Gasteiger partial charge is 0.495 e. The third-order valence-electron chi connectivity index (χ3n) is 1.98. The second-order valence-corrected chi connectivity index (χ2v) is 5.83. The topological polar surface area (TPSA) is 47.6 Å². The van der Waals surface area contributed by atoms with Crippen LogP contribution in [0.2, 0.25) is 5.02 Å². The summed E-state index contributed by atoms with van der Waals surface area (Å²) in [7, 11) is 2.88. The third-order valence-corrected chi connectivity index (χ3v) is 2.79. The zero-order valence-corrected chi connectivity index (χ0v) is 12.4. The summed E-state index contributed by atoms with van der Waals surface area (Å²) in [4.78, 5) is 11.5. The Labute approximate surface area is 124 Å². The molecule has 1 rings (SSSR count). The number of rotatable bonds is 3. The molecule has 100 valence electrons. The monoisotopic (exact) mass is 331 g/mol. The van der Waals surface area contributed by atoms with E-state index in [-0.39, 0.29) is 10.7 Å². The first-order chi connectivity index (χ1) is 8.29. The Morgan fingerprint density at radius 1 is 1.17 bits per heavy atom. The third kappa shape index (κ3) is 3.72. The molecule has 8 heteroatoms. The number of halogens is 4. The lowest BCUT2D eigenvalue weighted by molar-refractivity contribution is -0.115. The summed E-state index contributed by atoms with van der Waals surface area (Å²) in [5, 5.41) is 2.68. The lowest BCUT2D eigenvalue weighted by Gasteiger charge is -2.15. The molecule has 0 heterocycles. The molecule has 0 saturated carbocycles. The van der Waals surface area contributed by atoms with Crippen LogP contribution in [-0.4, -0.2) is 23.9 Å². The zero-order chi connectivity index (χ0) is 13.9. The second-order valence-electron chi connectivity index (χ2n) is 3.14. The van der Waals surface area contributed by atoms with Gasteiger partial charge < -0.3 is 14.8 Å². The summed E-state index contributed by atoms with van der Waals surface area (Å²) in [6.45, 7) is 0. The number of anilines is 1. The Balaban J connectivity index is 3.09. The molecular formula is C10H9Cl4NO3. The maximum absolute atomic E-state index is 11.5. The fourth-order valence-corrected chi connectivity index (χ4v) is 1.53. The molecule has 0 aliphatic rings. The van der Waals surface area contributed by atoms with Crippen molar-refractivity contribution in [2.45, 2.75) is 3.79 Å². The van der Waals surface area contributed by atoms with Crippen LogP contribution >= 0.6 is 46.4 Å². The summed E-state index contributed by atoms with van der Waals surface area (Å²) in [5.74, 6) is -0.0775. The molecule has 18 heavy (non-hydrogen) atoms. The summed E-state index contributed by atoms with van der Waals surface area (Å²) < 4.78 is 8.01. The van der Waals surface area contributed by atoms with Gasteiger partial charge in [0, 0.05) is 6.07 Å². The van der Waals surface area contributed by atoms with Crippen LogP contribution in [0.15, 0.2) is 12.1 Å². The van der Waals surface area contributed by atoms with Gasteiger partial charge in [-0.1, -0.05) is 46.4 Å². The Bertz CT molecular complexity index is 459. The predicted molar refractivity (Wildman–Crippen MR) is 73.5 cm³/mol. The number of amides is 1. The Morgan fingerprint density at radius 2 is 1.72 bits per heavy atom. The highest BCUT2D eigenvalue weighted by molar-refractivity contribution is 6.76. The Kier molecular flexibility index (Phi) is 5.22. The number of benzene rings is 1. The van der Waals surface area contributed by atoms with Gasteiger partial charge in [0.05, 0.1) is 24.9 Å². The van der Waals surface area contributed by atoms with Crippen LogP contribution in [-0.2, 0) is 4.79 Å². The summed E-state index contributed by atoms with van der Waals surface area (Å²) in [6.07, 6.45) is 0. The number of hydrogen-bond donors (Lipinski definition) is 1. The van der Waals surface area contributed by atoms with Crippen LogP contribution in [0.1, 0.15) is 0 Å². The molecule has 0 unspecified atom stereocenters. The van der Waals surface area contributed by atoms with Gasteiger partial charge >= 0.3 is 0 Å². The number of methoxy groups -OCH3 is 2. The van der Waals surface area contributed by atoms with Gasteiger partial charge in [-0.15, -0.1) is 0 Å². The highest BCUT2D eigenvalue weighted by atomic mass is 35.6. The van der Waals surface area contributed by atoms with Crippen LogP contribution in [0.3, 0.4) is 0 Å². The van der Waals surface area contributed by atoms with Gasteiger partial charge in [-0.25, -0.2) is 0 Å². The van der Waals surface area contributed by atoms with Crippen LogP contribution < -0.4 is 14.8 Å².